The lowest BCUT2D eigenvalue weighted by Crippen LogP contribution is -2.32. The minimum absolute atomic E-state index is 0.101. The maximum absolute atomic E-state index is 12.4. The number of nitrogens with zero attached hydrogens (tertiary/aromatic N) is 3. The number of para-hydroxylation sites is 2. The summed E-state index contributed by atoms with van der Waals surface area (Å²) >= 11 is 1.46. The number of hydrogen-bond acceptors (Lipinski definition) is 5. The fourth-order valence-corrected chi connectivity index (χ4v) is 2.53. The molecular formula is C17H17N5OS. The van der Waals surface area contributed by atoms with E-state index >= 15 is 0 Å². The second kappa shape index (κ2) is 7.18. The summed E-state index contributed by atoms with van der Waals surface area (Å²) in [7, 11) is 1.68. The van der Waals surface area contributed by atoms with Crippen LogP contribution in [-0.2, 0) is 7.05 Å². The van der Waals surface area contributed by atoms with Crippen molar-refractivity contribution in [2.75, 3.05) is 11.7 Å². The molecule has 0 aliphatic carbocycles. The molecule has 0 saturated carbocycles. The van der Waals surface area contributed by atoms with E-state index in [-0.39, 0.29) is 5.56 Å². The molecule has 0 amide bonds. The van der Waals surface area contributed by atoms with Gasteiger partial charge in [0.15, 0.2) is 5.17 Å². The Morgan fingerprint density at radius 1 is 1.12 bits per heavy atom. The molecule has 1 heterocycles. The third-order valence-electron chi connectivity index (χ3n) is 3.44. The number of thioether (sulfide) groups is 1. The zero-order chi connectivity index (χ0) is 16.9. The van der Waals surface area contributed by atoms with Crippen molar-refractivity contribution in [2.24, 2.45) is 12.0 Å². The van der Waals surface area contributed by atoms with Crippen LogP contribution in [-0.4, -0.2) is 21.0 Å². The van der Waals surface area contributed by atoms with Crippen molar-refractivity contribution in [3.8, 4) is 0 Å². The van der Waals surface area contributed by atoms with Gasteiger partial charge < -0.3 is 0 Å². The van der Waals surface area contributed by atoms with Gasteiger partial charge in [-0.05, 0) is 30.5 Å². The van der Waals surface area contributed by atoms with Crippen LogP contribution in [0.2, 0.25) is 0 Å². The van der Waals surface area contributed by atoms with E-state index in [0.717, 1.165) is 5.69 Å². The van der Waals surface area contributed by atoms with Gasteiger partial charge in [0.25, 0.3) is 5.56 Å². The first-order valence-corrected chi connectivity index (χ1v) is 8.57. The molecule has 0 bridgehead atoms. The molecule has 0 aliphatic heterocycles. The van der Waals surface area contributed by atoms with Gasteiger partial charge in [0, 0.05) is 7.05 Å². The lowest BCUT2D eigenvalue weighted by atomic mass is 10.2. The van der Waals surface area contributed by atoms with Gasteiger partial charge in [-0.15, -0.1) is 0 Å². The molecule has 3 rings (SSSR count). The van der Waals surface area contributed by atoms with E-state index in [4.69, 9.17) is 0 Å². The second-order valence-corrected chi connectivity index (χ2v) is 5.82. The third-order valence-corrected chi connectivity index (χ3v) is 4.02. The summed E-state index contributed by atoms with van der Waals surface area (Å²) in [6, 6.07) is 16.9. The molecule has 0 radical (unpaired) electrons. The highest BCUT2D eigenvalue weighted by Crippen LogP contribution is 2.13. The van der Waals surface area contributed by atoms with Crippen molar-refractivity contribution in [3.05, 3.63) is 65.0 Å². The molecule has 1 aromatic heterocycles. The SMILES string of the molecule is CSC(=Nc1ccccc1)NNc1nc2ccccc2c(=O)n1C. The van der Waals surface area contributed by atoms with E-state index in [1.54, 1.807) is 13.1 Å². The van der Waals surface area contributed by atoms with E-state index in [1.165, 1.54) is 16.3 Å². The Kier molecular flexibility index (Phi) is 4.81. The zero-order valence-corrected chi connectivity index (χ0v) is 14.2. The van der Waals surface area contributed by atoms with Gasteiger partial charge in [-0.1, -0.05) is 42.1 Å². The van der Waals surface area contributed by atoms with Crippen molar-refractivity contribution >= 4 is 39.5 Å². The Morgan fingerprint density at radius 3 is 2.58 bits per heavy atom. The monoisotopic (exact) mass is 339 g/mol. The maximum Gasteiger partial charge on any atom is 0.262 e. The van der Waals surface area contributed by atoms with Gasteiger partial charge in [-0.3, -0.25) is 20.2 Å². The van der Waals surface area contributed by atoms with E-state index < -0.39 is 0 Å². The number of fused-ring (bicyclic) bond motifs is 1. The quantitative estimate of drug-likeness (QED) is 0.436. The van der Waals surface area contributed by atoms with Gasteiger partial charge >= 0.3 is 0 Å². The summed E-state index contributed by atoms with van der Waals surface area (Å²) in [4.78, 5) is 21.3. The number of hydrogen-bond donors (Lipinski definition) is 2. The van der Waals surface area contributed by atoms with Crippen molar-refractivity contribution in [3.63, 3.8) is 0 Å². The molecule has 0 aliphatic rings. The van der Waals surface area contributed by atoms with Crippen molar-refractivity contribution < 1.29 is 0 Å². The Balaban J connectivity index is 1.86. The Bertz CT molecular complexity index is 937. The normalized spacial score (nSPS) is 11.5. The number of anilines is 1. The summed E-state index contributed by atoms with van der Waals surface area (Å²) < 4.78 is 1.47. The van der Waals surface area contributed by atoms with E-state index in [0.29, 0.717) is 22.0 Å². The Morgan fingerprint density at radius 2 is 1.83 bits per heavy atom. The van der Waals surface area contributed by atoms with Crippen LogP contribution in [0.3, 0.4) is 0 Å². The number of hydrazine groups is 1. The zero-order valence-electron chi connectivity index (χ0n) is 13.4. The summed E-state index contributed by atoms with van der Waals surface area (Å²) in [6.07, 6.45) is 1.92. The minimum Gasteiger partial charge on any atom is -0.280 e. The summed E-state index contributed by atoms with van der Waals surface area (Å²) in [5.74, 6) is 0.425. The van der Waals surface area contributed by atoms with Gasteiger partial charge in [-0.2, -0.15) is 0 Å². The molecule has 2 N–H and O–H groups in total. The van der Waals surface area contributed by atoms with Crippen molar-refractivity contribution in [1.82, 2.24) is 15.0 Å². The smallest absolute Gasteiger partial charge is 0.262 e. The van der Waals surface area contributed by atoms with Gasteiger partial charge in [0.2, 0.25) is 5.95 Å². The lowest BCUT2D eigenvalue weighted by Gasteiger charge is -2.13. The van der Waals surface area contributed by atoms with Crippen molar-refractivity contribution in [2.45, 2.75) is 0 Å². The molecule has 2 aromatic carbocycles. The first-order valence-electron chi connectivity index (χ1n) is 7.34. The fraction of sp³-hybridized carbons (Fsp3) is 0.118. The van der Waals surface area contributed by atoms with Crippen LogP contribution in [0, 0.1) is 0 Å². The number of aliphatic imine (C=N–C) groups is 1. The van der Waals surface area contributed by atoms with Gasteiger partial charge in [-0.25, -0.2) is 9.98 Å². The molecule has 0 unspecified atom stereocenters. The van der Waals surface area contributed by atoms with Crippen LogP contribution in [0.5, 0.6) is 0 Å². The summed E-state index contributed by atoms with van der Waals surface area (Å²) in [6.45, 7) is 0. The average Bonchev–Trinajstić information content (AvgIpc) is 2.63. The molecule has 7 heteroatoms. The topological polar surface area (TPSA) is 71.3 Å². The minimum atomic E-state index is -0.101. The van der Waals surface area contributed by atoms with Crippen LogP contribution in [0.4, 0.5) is 11.6 Å². The van der Waals surface area contributed by atoms with Gasteiger partial charge in [0.1, 0.15) is 0 Å². The highest BCUT2D eigenvalue weighted by atomic mass is 32.2. The first-order chi connectivity index (χ1) is 11.7. The molecule has 24 heavy (non-hydrogen) atoms. The predicted molar refractivity (Wildman–Crippen MR) is 101 cm³/mol. The van der Waals surface area contributed by atoms with Crippen LogP contribution < -0.4 is 16.4 Å². The Labute approximate surface area is 143 Å². The molecule has 3 aromatic rings. The van der Waals surface area contributed by atoms with E-state index in [2.05, 4.69) is 20.8 Å². The standard InChI is InChI=1S/C17H17N5OS/c1-22-15(23)13-10-6-7-11-14(13)19-16(22)20-21-17(24-2)18-12-8-4-3-5-9-12/h3-11H,1-2H3,(H,18,21)(H,19,20). The number of amidine groups is 1. The Hall–Kier alpha value is -2.80. The first kappa shape index (κ1) is 16.1. The second-order valence-electron chi connectivity index (χ2n) is 5.02. The van der Waals surface area contributed by atoms with Gasteiger partial charge in [0.05, 0.1) is 16.6 Å². The van der Waals surface area contributed by atoms with E-state index in [9.17, 15) is 4.79 Å². The molecule has 6 nitrogen and oxygen atoms in total. The number of benzene rings is 2. The highest BCUT2D eigenvalue weighted by molar-refractivity contribution is 8.13. The van der Waals surface area contributed by atoms with Crippen LogP contribution in [0.15, 0.2) is 64.4 Å². The number of aromatic nitrogens is 2. The number of nitrogens with one attached hydrogen (secondary N) is 2. The molecule has 0 saturated heterocycles. The molecular weight excluding hydrogens is 322 g/mol. The molecule has 0 fully saturated rings. The molecule has 0 spiro atoms. The summed E-state index contributed by atoms with van der Waals surface area (Å²) in [5, 5.41) is 1.26. The van der Waals surface area contributed by atoms with Crippen molar-refractivity contribution in [1.29, 1.82) is 0 Å². The number of rotatable bonds is 3. The van der Waals surface area contributed by atoms with E-state index in [1.807, 2.05) is 54.8 Å². The average molecular weight is 339 g/mol. The fourth-order valence-electron chi connectivity index (χ4n) is 2.18. The highest BCUT2D eigenvalue weighted by Gasteiger charge is 2.07. The molecule has 122 valence electrons. The van der Waals surface area contributed by atoms with Crippen LogP contribution in [0.1, 0.15) is 0 Å². The maximum atomic E-state index is 12.4. The largest absolute Gasteiger partial charge is 0.280 e. The summed E-state index contributed by atoms with van der Waals surface area (Å²) in [5.41, 5.74) is 7.37. The lowest BCUT2D eigenvalue weighted by molar-refractivity contribution is 0.833. The molecule has 0 atom stereocenters. The van der Waals surface area contributed by atoms with Crippen LogP contribution >= 0.6 is 11.8 Å². The predicted octanol–water partition coefficient (Wildman–Crippen LogP) is 2.90. The van der Waals surface area contributed by atoms with Crippen LogP contribution in [0.25, 0.3) is 10.9 Å². The third kappa shape index (κ3) is 3.41.